The Bertz CT molecular complexity index is 1060. The second-order valence-electron chi connectivity index (χ2n) is 5.67. The van der Waals surface area contributed by atoms with Crippen LogP contribution in [0.5, 0.6) is 5.75 Å². The van der Waals surface area contributed by atoms with E-state index in [-0.39, 0.29) is 11.5 Å². The number of phenols is 1. The van der Waals surface area contributed by atoms with Crippen LogP contribution < -0.4 is 5.43 Å². The normalized spacial score (nSPS) is 11.8. The Morgan fingerprint density at radius 1 is 1.23 bits per heavy atom. The summed E-state index contributed by atoms with van der Waals surface area (Å²) < 4.78 is 7.19. The molecule has 3 aromatic rings. The maximum atomic E-state index is 12.3. The molecule has 0 unspecified atom stereocenters. The number of aromatic hydroxyl groups is 1. The minimum Gasteiger partial charge on any atom is -0.507 e. The van der Waals surface area contributed by atoms with Crippen molar-refractivity contribution in [1.82, 2.24) is 5.43 Å². The van der Waals surface area contributed by atoms with Gasteiger partial charge >= 0.3 is 5.91 Å². The van der Waals surface area contributed by atoms with Gasteiger partial charge < -0.3 is 9.52 Å². The van der Waals surface area contributed by atoms with Gasteiger partial charge in [-0.15, -0.1) is 0 Å². The molecule has 0 spiro atoms. The molecule has 0 bridgehead atoms. The molecule has 26 heavy (non-hydrogen) atoms. The van der Waals surface area contributed by atoms with Crippen LogP contribution in [-0.4, -0.2) is 16.7 Å². The molecular formula is C18H13Br2ClN2O3. The molecule has 0 saturated carbocycles. The number of hydrogen-bond acceptors (Lipinski definition) is 4. The Morgan fingerprint density at radius 2 is 1.96 bits per heavy atom. The van der Waals surface area contributed by atoms with Crippen LogP contribution >= 0.6 is 43.5 Å². The van der Waals surface area contributed by atoms with E-state index in [0.717, 1.165) is 19.9 Å². The largest absolute Gasteiger partial charge is 0.507 e. The molecule has 0 atom stereocenters. The summed E-state index contributed by atoms with van der Waals surface area (Å²) in [7, 11) is 0. The number of phenolic OH excluding ortho intramolecular Hbond substituents is 1. The van der Waals surface area contributed by atoms with Gasteiger partial charge in [0.15, 0.2) is 5.76 Å². The summed E-state index contributed by atoms with van der Waals surface area (Å²) in [5.74, 6) is -0.331. The second-order valence-corrected chi connectivity index (χ2v) is 7.85. The number of fused-ring (bicyclic) bond motifs is 1. The molecule has 0 aliphatic carbocycles. The van der Waals surface area contributed by atoms with E-state index in [0.29, 0.717) is 21.9 Å². The third kappa shape index (κ3) is 3.79. The van der Waals surface area contributed by atoms with Gasteiger partial charge in [0.1, 0.15) is 11.3 Å². The summed E-state index contributed by atoms with van der Waals surface area (Å²) in [4.78, 5) is 12.3. The monoisotopic (exact) mass is 498 g/mol. The molecule has 0 radical (unpaired) electrons. The summed E-state index contributed by atoms with van der Waals surface area (Å²) in [6.07, 6.45) is 0. The molecule has 2 N–H and O–H groups in total. The molecule has 1 amide bonds. The lowest BCUT2D eigenvalue weighted by Gasteiger charge is -2.07. The van der Waals surface area contributed by atoms with Crippen molar-refractivity contribution in [2.24, 2.45) is 5.10 Å². The van der Waals surface area contributed by atoms with Crippen molar-refractivity contribution in [1.29, 1.82) is 0 Å². The topological polar surface area (TPSA) is 74.8 Å². The zero-order valence-electron chi connectivity index (χ0n) is 13.7. The molecular weight excluding hydrogens is 487 g/mol. The predicted molar refractivity (Wildman–Crippen MR) is 109 cm³/mol. The highest BCUT2D eigenvalue weighted by atomic mass is 79.9. The van der Waals surface area contributed by atoms with E-state index >= 15 is 0 Å². The van der Waals surface area contributed by atoms with Crippen LogP contribution in [-0.2, 0) is 0 Å². The number of hydrazone groups is 1. The van der Waals surface area contributed by atoms with E-state index < -0.39 is 5.91 Å². The van der Waals surface area contributed by atoms with Gasteiger partial charge in [0, 0.05) is 20.4 Å². The molecule has 0 saturated heterocycles. The van der Waals surface area contributed by atoms with Crippen molar-refractivity contribution in [2.75, 3.05) is 0 Å². The number of rotatable bonds is 3. The fraction of sp³-hybridized carbons (Fsp3) is 0.111. The summed E-state index contributed by atoms with van der Waals surface area (Å²) in [5, 5.41) is 15.4. The fourth-order valence-corrected chi connectivity index (χ4v) is 3.90. The molecule has 1 aromatic heterocycles. The van der Waals surface area contributed by atoms with Crippen LogP contribution in [0.2, 0.25) is 5.02 Å². The number of nitrogens with one attached hydrogen (secondary N) is 1. The molecule has 5 nitrogen and oxygen atoms in total. The second kappa shape index (κ2) is 7.42. The van der Waals surface area contributed by atoms with Gasteiger partial charge in [0.2, 0.25) is 0 Å². The molecule has 1 heterocycles. The molecule has 8 heteroatoms. The zero-order chi connectivity index (χ0) is 19.0. The van der Waals surface area contributed by atoms with Gasteiger partial charge in [-0.3, -0.25) is 4.79 Å². The van der Waals surface area contributed by atoms with Crippen molar-refractivity contribution >= 4 is 66.0 Å². The lowest BCUT2D eigenvalue weighted by molar-refractivity contribution is 0.0929. The molecule has 3 rings (SSSR count). The number of benzene rings is 2. The van der Waals surface area contributed by atoms with Crippen molar-refractivity contribution in [3.8, 4) is 5.75 Å². The number of amides is 1. The Morgan fingerprint density at radius 3 is 2.69 bits per heavy atom. The zero-order valence-corrected chi connectivity index (χ0v) is 17.7. The van der Waals surface area contributed by atoms with E-state index in [1.807, 2.05) is 12.1 Å². The number of furan rings is 1. The number of carbonyl (C=O) groups is 1. The smallest absolute Gasteiger partial charge is 0.307 e. The molecule has 2 aromatic carbocycles. The Kier molecular flexibility index (Phi) is 5.41. The maximum absolute atomic E-state index is 12.3. The van der Waals surface area contributed by atoms with E-state index in [9.17, 15) is 9.90 Å². The van der Waals surface area contributed by atoms with Crippen LogP contribution in [0.25, 0.3) is 11.0 Å². The number of halogens is 3. The third-order valence-corrected chi connectivity index (χ3v) is 5.21. The van der Waals surface area contributed by atoms with Gasteiger partial charge in [0.05, 0.1) is 10.2 Å². The Hall–Kier alpha value is -1.83. The van der Waals surface area contributed by atoms with Crippen molar-refractivity contribution in [3.63, 3.8) is 0 Å². The Labute approximate surface area is 171 Å². The Balaban J connectivity index is 1.85. The lowest BCUT2D eigenvalue weighted by Crippen LogP contribution is -2.18. The van der Waals surface area contributed by atoms with Gasteiger partial charge in [-0.25, -0.2) is 5.43 Å². The average molecular weight is 501 g/mol. The van der Waals surface area contributed by atoms with Crippen molar-refractivity contribution < 1.29 is 14.3 Å². The number of carbonyl (C=O) groups excluding carboxylic acids is 1. The first-order valence-electron chi connectivity index (χ1n) is 7.49. The third-order valence-electron chi connectivity index (χ3n) is 3.75. The fourth-order valence-electron chi connectivity index (χ4n) is 2.39. The average Bonchev–Trinajstić information content (AvgIpc) is 3.00. The first kappa shape index (κ1) is 18.9. The first-order valence-corrected chi connectivity index (χ1v) is 9.45. The van der Waals surface area contributed by atoms with Gasteiger partial charge in [-0.2, -0.15) is 5.10 Å². The minimum absolute atomic E-state index is 0.0416. The standard InChI is InChI=1S/C18H13Br2ClN2O3/c1-8-3-15(24)12(7-14(8)21)9(2)22-23-18(25)16-5-10-4-11(19)6-13(20)17(10)26-16/h3-7,24H,1-2H3,(H,23,25)/b22-9+. The summed E-state index contributed by atoms with van der Waals surface area (Å²) >= 11 is 12.9. The molecule has 0 aliphatic rings. The first-order chi connectivity index (χ1) is 12.3. The van der Waals surface area contributed by atoms with E-state index in [4.69, 9.17) is 16.0 Å². The van der Waals surface area contributed by atoms with E-state index in [1.54, 1.807) is 32.0 Å². The predicted octanol–water partition coefficient (Wildman–Crippen LogP) is 5.78. The highest BCUT2D eigenvalue weighted by Gasteiger charge is 2.15. The lowest BCUT2D eigenvalue weighted by atomic mass is 10.1. The number of nitrogens with zero attached hydrogens (tertiary/aromatic N) is 1. The van der Waals surface area contributed by atoms with Gasteiger partial charge in [-0.05, 0) is 65.7 Å². The van der Waals surface area contributed by atoms with Crippen LogP contribution in [0.15, 0.2) is 48.8 Å². The SMILES string of the molecule is C/C(=N\NC(=O)c1cc2cc(Br)cc(Br)c2o1)c1cc(Cl)c(C)cc1O. The van der Waals surface area contributed by atoms with Crippen LogP contribution in [0.4, 0.5) is 0 Å². The maximum Gasteiger partial charge on any atom is 0.307 e. The van der Waals surface area contributed by atoms with Gasteiger partial charge in [0.25, 0.3) is 0 Å². The molecule has 0 aliphatic heterocycles. The summed E-state index contributed by atoms with van der Waals surface area (Å²) in [6.45, 7) is 3.45. The van der Waals surface area contributed by atoms with E-state index in [1.165, 1.54) is 0 Å². The van der Waals surface area contributed by atoms with Crippen LogP contribution in [0, 0.1) is 6.92 Å². The highest BCUT2D eigenvalue weighted by Crippen LogP contribution is 2.31. The molecule has 134 valence electrons. The van der Waals surface area contributed by atoms with E-state index in [2.05, 4.69) is 42.4 Å². The number of aryl methyl sites for hydroxylation is 1. The quantitative estimate of drug-likeness (QED) is 0.354. The summed E-state index contributed by atoms with van der Waals surface area (Å²) in [6, 6.07) is 8.46. The van der Waals surface area contributed by atoms with Crippen molar-refractivity contribution in [3.05, 3.63) is 61.2 Å². The summed E-state index contributed by atoms with van der Waals surface area (Å²) in [5.41, 5.74) is 4.61. The minimum atomic E-state index is -0.499. The van der Waals surface area contributed by atoms with Crippen LogP contribution in [0.3, 0.4) is 0 Å². The van der Waals surface area contributed by atoms with Crippen LogP contribution in [0.1, 0.15) is 28.6 Å². The van der Waals surface area contributed by atoms with Crippen molar-refractivity contribution in [2.45, 2.75) is 13.8 Å². The number of hydrogen-bond donors (Lipinski definition) is 2. The molecule has 0 fully saturated rings. The highest BCUT2D eigenvalue weighted by molar-refractivity contribution is 9.11. The van der Waals surface area contributed by atoms with Gasteiger partial charge in [-0.1, -0.05) is 27.5 Å².